The summed E-state index contributed by atoms with van der Waals surface area (Å²) in [6.45, 7) is 10.6. The smallest absolute Gasteiger partial charge is 0.298 e. The van der Waals surface area contributed by atoms with Crippen LogP contribution in [0, 0.1) is 0 Å². The number of carbonyl (C=O) groups excluding carboxylic acids is 2. The molecule has 0 bridgehead atoms. The van der Waals surface area contributed by atoms with Crippen LogP contribution in [0.25, 0.3) is 0 Å². The maximum Gasteiger partial charge on any atom is 0.342 e. The van der Waals surface area contributed by atoms with Gasteiger partial charge in [-0.2, -0.15) is 9.78 Å². The molecule has 0 aromatic heterocycles. The Morgan fingerprint density at radius 3 is 1.21 bits per heavy atom. The summed E-state index contributed by atoms with van der Waals surface area (Å²) in [6, 6.07) is 0. The summed E-state index contributed by atoms with van der Waals surface area (Å²) in [5.74, 6) is -0.660. The Bertz CT molecular complexity index is 206. The van der Waals surface area contributed by atoms with E-state index in [0.29, 0.717) is 12.8 Å². The standard InChI is InChI=1S/2C6H12O3.Ti/c2*1-4-6(7)9-8-5(2)3;/h2*5H,4H2,1-3H3;. The molecule has 0 saturated heterocycles. The molecule has 0 aliphatic heterocycles. The van der Waals surface area contributed by atoms with E-state index >= 15 is 0 Å². The van der Waals surface area contributed by atoms with E-state index in [4.69, 9.17) is 0 Å². The third-order valence-corrected chi connectivity index (χ3v) is 1.24. The van der Waals surface area contributed by atoms with Crippen molar-refractivity contribution >= 4 is 11.9 Å². The summed E-state index contributed by atoms with van der Waals surface area (Å²) >= 11 is 0. The fourth-order valence-electron chi connectivity index (χ4n) is 0.418. The minimum atomic E-state index is -0.330. The quantitative estimate of drug-likeness (QED) is 0.426. The molecule has 0 rings (SSSR count). The normalized spacial score (nSPS) is 9.26. The number of rotatable bonds is 6. The van der Waals surface area contributed by atoms with Gasteiger partial charge in [0.2, 0.25) is 0 Å². The Morgan fingerprint density at radius 2 is 1.05 bits per heavy atom. The van der Waals surface area contributed by atoms with Gasteiger partial charge in [0.25, 0.3) is 0 Å². The molecule has 0 fully saturated rings. The second kappa shape index (κ2) is 15.6. The Hall–Kier alpha value is -0.426. The van der Waals surface area contributed by atoms with E-state index in [1.165, 1.54) is 0 Å². The minimum Gasteiger partial charge on any atom is -0.298 e. The molecule has 0 atom stereocenters. The molecule has 0 N–H and O–H groups in total. The SMILES string of the molecule is CCC(=O)OOC(C)C.CCC(=O)OOC(C)C.[Ti]. The van der Waals surface area contributed by atoms with Crippen LogP contribution >= 0.6 is 0 Å². The topological polar surface area (TPSA) is 71.1 Å². The first-order valence-corrected chi connectivity index (χ1v) is 6.05. The largest absolute Gasteiger partial charge is 0.342 e. The van der Waals surface area contributed by atoms with E-state index in [9.17, 15) is 9.59 Å². The van der Waals surface area contributed by atoms with E-state index in [1.54, 1.807) is 41.5 Å². The molecular weight excluding hydrogens is 288 g/mol. The van der Waals surface area contributed by atoms with Crippen molar-refractivity contribution in [2.75, 3.05) is 0 Å². The van der Waals surface area contributed by atoms with Crippen molar-refractivity contribution in [3.05, 3.63) is 0 Å². The maximum atomic E-state index is 10.4. The van der Waals surface area contributed by atoms with E-state index in [-0.39, 0.29) is 45.9 Å². The summed E-state index contributed by atoms with van der Waals surface area (Å²) in [7, 11) is 0. The summed E-state index contributed by atoms with van der Waals surface area (Å²) in [6.07, 6.45) is 0.598. The number of hydrogen-bond donors (Lipinski definition) is 0. The fraction of sp³-hybridized carbons (Fsp3) is 0.833. The zero-order valence-corrected chi connectivity index (χ0v) is 14.1. The third-order valence-electron chi connectivity index (χ3n) is 1.24. The van der Waals surface area contributed by atoms with E-state index < -0.39 is 0 Å². The van der Waals surface area contributed by atoms with Crippen LogP contribution in [0.2, 0.25) is 0 Å². The van der Waals surface area contributed by atoms with Gasteiger partial charge in [0.05, 0.1) is 12.2 Å². The van der Waals surface area contributed by atoms with Gasteiger partial charge >= 0.3 is 11.9 Å². The second-order valence-corrected chi connectivity index (χ2v) is 3.91. The Kier molecular flexibility index (Phi) is 19.5. The summed E-state index contributed by atoms with van der Waals surface area (Å²) in [4.78, 5) is 38.5. The van der Waals surface area contributed by atoms with Crippen LogP contribution in [-0.2, 0) is 50.9 Å². The van der Waals surface area contributed by atoms with Crippen LogP contribution in [0.1, 0.15) is 54.4 Å². The molecule has 0 aromatic rings. The van der Waals surface area contributed by atoms with Gasteiger partial charge in [-0.05, 0) is 27.7 Å². The molecule has 0 radical (unpaired) electrons. The molecule has 0 heterocycles. The first-order valence-electron chi connectivity index (χ1n) is 6.05. The monoisotopic (exact) mass is 312 g/mol. The predicted molar refractivity (Wildman–Crippen MR) is 65.2 cm³/mol. The Labute approximate surface area is 129 Å². The number of carbonyl (C=O) groups is 2. The van der Waals surface area contributed by atoms with Crippen molar-refractivity contribution in [1.29, 1.82) is 0 Å². The molecular formula is C12H24O6Ti. The Morgan fingerprint density at radius 1 is 0.789 bits per heavy atom. The molecule has 6 nitrogen and oxygen atoms in total. The molecule has 19 heavy (non-hydrogen) atoms. The summed E-state index contributed by atoms with van der Waals surface area (Å²) in [5.41, 5.74) is 0. The van der Waals surface area contributed by atoms with E-state index in [2.05, 4.69) is 19.6 Å². The molecule has 0 saturated carbocycles. The zero-order chi connectivity index (χ0) is 14.6. The fourth-order valence-corrected chi connectivity index (χ4v) is 0.418. The molecule has 0 aliphatic carbocycles. The van der Waals surface area contributed by atoms with Gasteiger partial charge in [-0.25, -0.2) is 9.59 Å². The zero-order valence-electron chi connectivity index (χ0n) is 12.5. The van der Waals surface area contributed by atoms with Crippen molar-refractivity contribution in [1.82, 2.24) is 0 Å². The van der Waals surface area contributed by atoms with Crippen molar-refractivity contribution in [2.24, 2.45) is 0 Å². The average Bonchev–Trinajstić information content (AvgIpc) is 2.33. The van der Waals surface area contributed by atoms with Gasteiger partial charge in [0.1, 0.15) is 0 Å². The van der Waals surface area contributed by atoms with Gasteiger partial charge in [-0.1, -0.05) is 13.8 Å². The molecule has 0 aromatic carbocycles. The molecule has 0 aliphatic rings. The van der Waals surface area contributed by atoms with Gasteiger partial charge in [-0.3, -0.25) is 9.78 Å². The molecule has 0 unspecified atom stereocenters. The van der Waals surface area contributed by atoms with Crippen LogP contribution in [-0.4, -0.2) is 24.1 Å². The average molecular weight is 312 g/mol. The summed E-state index contributed by atoms with van der Waals surface area (Å²) in [5, 5.41) is 0. The number of hydrogen-bond acceptors (Lipinski definition) is 6. The van der Waals surface area contributed by atoms with Crippen LogP contribution in [0.4, 0.5) is 0 Å². The molecule has 0 amide bonds. The van der Waals surface area contributed by atoms with Crippen molar-refractivity contribution in [3.8, 4) is 0 Å². The molecule has 112 valence electrons. The third kappa shape index (κ3) is 23.1. The van der Waals surface area contributed by atoms with Crippen LogP contribution < -0.4 is 0 Å². The second-order valence-electron chi connectivity index (χ2n) is 3.91. The Balaban J connectivity index is -0.000000256. The first-order chi connectivity index (χ1) is 8.33. The predicted octanol–water partition coefficient (Wildman–Crippen LogP) is 2.56. The van der Waals surface area contributed by atoms with Crippen molar-refractivity contribution in [3.63, 3.8) is 0 Å². The first kappa shape index (κ1) is 23.7. The van der Waals surface area contributed by atoms with Crippen molar-refractivity contribution in [2.45, 2.75) is 66.6 Å². The van der Waals surface area contributed by atoms with Crippen LogP contribution in [0.3, 0.4) is 0 Å². The molecule has 0 spiro atoms. The van der Waals surface area contributed by atoms with Gasteiger partial charge in [0.15, 0.2) is 0 Å². The van der Waals surface area contributed by atoms with Crippen LogP contribution in [0.15, 0.2) is 0 Å². The maximum absolute atomic E-state index is 10.4. The van der Waals surface area contributed by atoms with Crippen LogP contribution in [0.5, 0.6) is 0 Å². The van der Waals surface area contributed by atoms with E-state index in [1.807, 2.05) is 0 Å². The van der Waals surface area contributed by atoms with Gasteiger partial charge in [-0.15, -0.1) is 0 Å². The summed E-state index contributed by atoms with van der Waals surface area (Å²) < 4.78 is 0. The van der Waals surface area contributed by atoms with Crippen molar-refractivity contribution < 1.29 is 50.9 Å². The minimum absolute atomic E-state index is 0. The van der Waals surface area contributed by atoms with Gasteiger partial charge < -0.3 is 0 Å². The van der Waals surface area contributed by atoms with E-state index in [0.717, 1.165) is 0 Å². The van der Waals surface area contributed by atoms with Gasteiger partial charge in [0, 0.05) is 34.6 Å². The molecule has 7 heteroatoms.